The first-order valence-electron chi connectivity index (χ1n) is 8.88. The number of carbonyl (C=O) groups excluding carboxylic acids is 1. The van der Waals surface area contributed by atoms with Crippen molar-refractivity contribution in [1.82, 2.24) is 0 Å². The molecular weight excluding hydrogens is 411 g/mol. The molecule has 1 heterocycles. The number of aliphatic hydroxyl groups is 4. The van der Waals surface area contributed by atoms with Crippen LogP contribution in [0.5, 0.6) is 5.75 Å². The Morgan fingerprint density at radius 1 is 1.32 bits per heavy atom. The van der Waals surface area contributed by atoms with Crippen molar-refractivity contribution in [1.29, 1.82) is 0 Å². The third-order valence-electron chi connectivity index (χ3n) is 4.58. The predicted octanol–water partition coefficient (Wildman–Crippen LogP) is 2.10. The van der Waals surface area contributed by atoms with E-state index in [2.05, 4.69) is 6.58 Å². The van der Waals surface area contributed by atoms with Crippen molar-refractivity contribution in [3.8, 4) is 5.75 Å². The third-order valence-corrected chi connectivity index (χ3v) is 5.44. The molecule has 0 radical (unpaired) electrons. The second kappa shape index (κ2) is 10.0. The van der Waals surface area contributed by atoms with Crippen LogP contribution in [0.4, 0.5) is 0 Å². The van der Waals surface area contributed by atoms with Crippen LogP contribution < -0.4 is 4.74 Å². The summed E-state index contributed by atoms with van der Waals surface area (Å²) in [5.74, 6) is -0.0698. The SMILES string of the molecule is C=C(CC)C(=O)c1ccc(OCCC(O)[C@H]2O[C@@H](O)C[C@@H](O)[C@@H]2O)c(Cl)c1Cl. The molecule has 4 N–H and O–H groups in total. The molecule has 0 bridgehead atoms. The molecule has 1 aromatic rings. The van der Waals surface area contributed by atoms with Gasteiger partial charge in [0.05, 0.1) is 23.8 Å². The Bertz CT molecular complexity index is 724. The number of carbonyl (C=O) groups is 1. The molecule has 1 aliphatic rings. The summed E-state index contributed by atoms with van der Waals surface area (Å²) in [5.41, 5.74) is 0.637. The van der Waals surface area contributed by atoms with Crippen LogP contribution in [0.1, 0.15) is 36.5 Å². The number of Topliss-reactive ketones (excluding diaryl/α,β-unsaturated/α-hetero) is 1. The Balaban J connectivity index is 1.98. The summed E-state index contributed by atoms with van der Waals surface area (Å²) in [7, 11) is 0. The average Bonchev–Trinajstić information content (AvgIpc) is 2.66. The monoisotopic (exact) mass is 434 g/mol. The van der Waals surface area contributed by atoms with E-state index in [0.717, 1.165) is 0 Å². The molecule has 0 aromatic heterocycles. The minimum absolute atomic E-state index is 0.00898. The molecule has 0 spiro atoms. The number of halogens is 2. The van der Waals surface area contributed by atoms with Gasteiger partial charge in [0.1, 0.15) is 23.0 Å². The zero-order valence-electron chi connectivity index (χ0n) is 15.3. The van der Waals surface area contributed by atoms with E-state index in [-0.39, 0.29) is 46.6 Å². The lowest BCUT2D eigenvalue weighted by molar-refractivity contribution is -0.254. The fourth-order valence-electron chi connectivity index (χ4n) is 2.82. The van der Waals surface area contributed by atoms with Crippen molar-refractivity contribution in [3.05, 3.63) is 39.9 Å². The number of hydrogen-bond donors (Lipinski definition) is 4. The molecule has 2 rings (SSSR count). The van der Waals surface area contributed by atoms with Gasteiger partial charge in [-0.15, -0.1) is 0 Å². The molecule has 28 heavy (non-hydrogen) atoms. The van der Waals surface area contributed by atoms with Crippen molar-refractivity contribution >= 4 is 29.0 Å². The second-order valence-electron chi connectivity index (χ2n) is 6.58. The van der Waals surface area contributed by atoms with E-state index in [1.807, 2.05) is 6.92 Å². The molecule has 0 saturated carbocycles. The summed E-state index contributed by atoms with van der Waals surface area (Å²) in [6.45, 7) is 5.49. The Morgan fingerprint density at radius 2 is 2.00 bits per heavy atom. The van der Waals surface area contributed by atoms with E-state index in [4.69, 9.17) is 32.7 Å². The molecular formula is C19H24Cl2O7. The lowest BCUT2D eigenvalue weighted by Crippen LogP contribution is -2.53. The van der Waals surface area contributed by atoms with E-state index in [1.54, 1.807) is 0 Å². The van der Waals surface area contributed by atoms with Crippen molar-refractivity contribution in [3.63, 3.8) is 0 Å². The van der Waals surface area contributed by atoms with Crippen LogP contribution in [0.25, 0.3) is 0 Å². The van der Waals surface area contributed by atoms with Gasteiger partial charge < -0.3 is 29.9 Å². The molecule has 5 atom stereocenters. The van der Waals surface area contributed by atoms with E-state index in [9.17, 15) is 25.2 Å². The van der Waals surface area contributed by atoms with Gasteiger partial charge in [-0.3, -0.25) is 4.79 Å². The lowest BCUT2D eigenvalue weighted by atomic mass is 9.96. The average molecular weight is 435 g/mol. The standard InChI is InChI=1S/C19H24Cl2O7/c1-3-9(2)17(25)10-4-5-13(16(21)15(10)20)27-7-6-11(22)19-18(26)12(23)8-14(24)28-19/h4-5,11-12,14,18-19,22-24,26H,2-3,6-8H2,1H3/t11?,12-,14-,18+,19-/m1/s1. The fourth-order valence-corrected chi connectivity index (χ4v) is 3.29. The summed E-state index contributed by atoms with van der Waals surface area (Å²) in [6, 6.07) is 2.99. The summed E-state index contributed by atoms with van der Waals surface area (Å²) in [6.07, 6.45) is -5.75. The maximum Gasteiger partial charge on any atom is 0.189 e. The van der Waals surface area contributed by atoms with Crippen LogP contribution in [0.15, 0.2) is 24.3 Å². The topological polar surface area (TPSA) is 116 Å². The van der Waals surface area contributed by atoms with Crippen LogP contribution in [0.3, 0.4) is 0 Å². The normalized spacial score (nSPS) is 26.0. The summed E-state index contributed by atoms with van der Waals surface area (Å²) in [4.78, 5) is 12.2. The molecule has 0 amide bonds. The summed E-state index contributed by atoms with van der Waals surface area (Å²) in [5, 5.41) is 39.4. The Kier molecular flexibility index (Phi) is 8.27. The molecule has 9 heteroatoms. The molecule has 156 valence electrons. The second-order valence-corrected chi connectivity index (χ2v) is 7.33. The molecule has 7 nitrogen and oxygen atoms in total. The van der Waals surface area contributed by atoms with Crippen LogP contribution in [-0.4, -0.2) is 63.5 Å². The summed E-state index contributed by atoms with van der Waals surface area (Å²) < 4.78 is 10.6. The lowest BCUT2D eigenvalue weighted by Gasteiger charge is -2.37. The van der Waals surface area contributed by atoms with Gasteiger partial charge in [0.15, 0.2) is 12.1 Å². The van der Waals surface area contributed by atoms with Crippen LogP contribution in [-0.2, 0) is 4.74 Å². The van der Waals surface area contributed by atoms with Crippen molar-refractivity contribution in [2.45, 2.75) is 56.9 Å². The van der Waals surface area contributed by atoms with Gasteiger partial charge in [-0.05, 0) is 24.1 Å². The van der Waals surface area contributed by atoms with E-state index in [1.165, 1.54) is 12.1 Å². The smallest absolute Gasteiger partial charge is 0.189 e. The van der Waals surface area contributed by atoms with Crippen LogP contribution >= 0.6 is 23.2 Å². The maximum atomic E-state index is 12.2. The van der Waals surface area contributed by atoms with Gasteiger partial charge in [-0.1, -0.05) is 36.7 Å². The highest BCUT2D eigenvalue weighted by molar-refractivity contribution is 6.45. The molecule has 1 unspecified atom stereocenters. The van der Waals surface area contributed by atoms with Gasteiger partial charge in [0.25, 0.3) is 0 Å². The molecule has 1 aromatic carbocycles. The van der Waals surface area contributed by atoms with Crippen molar-refractivity contribution < 1.29 is 34.7 Å². The van der Waals surface area contributed by atoms with Gasteiger partial charge in [0.2, 0.25) is 0 Å². The van der Waals surface area contributed by atoms with E-state index < -0.39 is 30.7 Å². The number of aliphatic hydroxyl groups excluding tert-OH is 4. The van der Waals surface area contributed by atoms with Gasteiger partial charge in [-0.2, -0.15) is 0 Å². The predicted molar refractivity (Wildman–Crippen MR) is 104 cm³/mol. The Labute approximate surface area is 173 Å². The zero-order valence-corrected chi connectivity index (χ0v) is 16.9. The number of ketones is 1. The first kappa shape index (κ1) is 23.1. The highest BCUT2D eigenvalue weighted by Crippen LogP contribution is 2.36. The van der Waals surface area contributed by atoms with E-state index in [0.29, 0.717) is 12.0 Å². The third kappa shape index (κ3) is 5.24. The Hall–Kier alpha value is -1.19. The van der Waals surface area contributed by atoms with Crippen molar-refractivity contribution in [2.75, 3.05) is 6.61 Å². The van der Waals surface area contributed by atoms with Crippen LogP contribution in [0, 0.1) is 0 Å². The number of rotatable bonds is 8. The minimum Gasteiger partial charge on any atom is -0.492 e. The molecule has 1 aliphatic heterocycles. The van der Waals surface area contributed by atoms with Crippen molar-refractivity contribution in [2.24, 2.45) is 0 Å². The number of allylic oxidation sites excluding steroid dienone is 1. The molecule has 1 saturated heterocycles. The zero-order chi connectivity index (χ0) is 21.0. The van der Waals surface area contributed by atoms with Crippen LogP contribution in [0.2, 0.25) is 10.0 Å². The minimum atomic E-state index is -1.33. The highest BCUT2D eigenvalue weighted by Gasteiger charge is 2.39. The van der Waals surface area contributed by atoms with E-state index >= 15 is 0 Å². The Morgan fingerprint density at radius 3 is 2.64 bits per heavy atom. The maximum absolute atomic E-state index is 12.2. The molecule has 0 aliphatic carbocycles. The highest BCUT2D eigenvalue weighted by atomic mass is 35.5. The van der Waals surface area contributed by atoms with Gasteiger partial charge in [0, 0.05) is 18.4 Å². The number of hydrogen-bond acceptors (Lipinski definition) is 7. The first-order chi connectivity index (χ1) is 13.2. The number of benzene rings is 1. The quantitative estimate of drug-likeness (QED) is 0.365. The largest absolute Gasteiger partial charge is 0.492 e. The van der Waals surface area contributed by atoms with Gasteiger partial charge >= 0.3 is 0 Å². The fraction of sp³-hybridized carbons (Fsp3) is 0.526. The molecule has 1 fully saturated rings. The van der Waals surface area contributed by atoms with Gasteiger partial charge in [-0.25, -0.2) is 0 Å². The summed E-state index contributed by atoms with van der Waals surface area (Å²) >= 11 is 12.4. The number of ether oxygens (including phenoxy) is 2. The first-order valence-corrected chi connectivity index (χ1v) is 9.63.